The molecule has 0 amide bonds. The fourth-order valence-electron chi connectivity index (χ4n) is 0.769. The first-order valence-corrected chi connectivity index (χ1v) is 3.28. The summed E-state index contributed by atoms with van der Waals surface area (Å²) < 4.78 is 1.08. The highest BCUT2D eigenvalue weighted by Gasteiger charge is 1.96. The molecule has 5 heteroatoms. The van der Waals surface area contributed by atoms with Crippen molar-refractivity contribution in [2.45, 2.75) is 6.92 Å². The summed E-state index contributed by atoms with van der Waals surface area (Å²) in [7, 11) is 0. The van der Waals surface area contributed by atoms with Gasteiger partial charge in [-0.1, -0.05) is 0 Å². The Morgan fingerprint density at radius 3 is 2.83 bits per heavy atom. The topological polar surface area (TPSA) is 75.1 Å². The highest BCUT2D eigenvalue weighted by Crippen LogP contribution is 1.83. The third-order valence-electron chi connectivity index (χ3n) is 1.37. The first kappa shape index (κ1) is 8.32. The Labute approximate surface area is 67.6 Å². The van der Waals surface area contributed by atoms with Crippen LogP contribution in [-0.4, -0.2) is 14.7 Å². The van der Waals surface area contributed by atoms with E-state index in [-0.39, 0.29) is 0 Å². The summed E-state index contributed by atoms with van der Waals surface area (Å²) in [6.07, 6.45) is 3.21. The molecular formula is C7H8N2O3. The first-order valence-electron chi connectivity index (χ1n) is 3.28. The van der Waals surface area contributed by atoms with Gasteiger partial charge in [-0.3, -0.25) is 14.3 Å². The predicted molar refractivity (Wildman–Crippen MR) is 44.0 cm³/mol. The highest BCUT2D eigenvalue weighted by atomic mass is 16.2. The second-order valence-electron chi connectivity index (χ2n) is 2.28. The Bertz CT molecular complexity index is 413. The van der Waals surface area contributed by atoms with Crippen molar-refractivity contribution in [2.75, 3.05) is 0 Å². The number of nitrogens with one attached hydrogen (secondary N) is 1. The quantitative estimate of drug-likeness (QED) is 0.572. The van der Waals surface area contributed by atoms with Crippen LogP contribution in [0, 0.1) is 6.92 Å². The average molecular weight is 168 g/mol. The molecule has 12 heavy (non-hydrogen) atoms. The molecule has 0 aliphatic heterocycles. The van der Waals surface area contributed by atoms with E-state index in [0.717, 1.165) is 17.0 Å². The summed E-state index contributed by atoms with van der Waals surface area (Å²) in [5.41, 5.74) is -0.578. The van der Waals surface area contributed by atoms with Gasteiger partial charge in [0.25, 0.3) is 5.56 Å². The van der Waals surface area contributed by atoms with Crippen molar-refractivity contribution in [3.05, 3.63) is 38.9 Å². The number of hydrogen-bond donors (Lipinski definition) is 2. The molecule has 0 aromatic carbocycles. The lowest BCUT2D eigenvalue weighted by Crippen LogP contribution is -2.28. The lowest BCUT2D eigenvalue weighted by molar-refractivity contribution is 0.475. The maximum Gasteiger partial charge on any atom is 0.332 e. The van der Waals surface area contributed by atoms with E-state index in [1.165, 1.54) is 6.20 Å². The molecule has 64 valence electrons. The lowest BCUT2D eigenvalue weighted by Gasteiger charge is -1.96. The molecule has 0 unspecified atom stereocenters. The fourth-order valence-corrected chi connectivity index (χ4v) is 0.769. The van der Waals surface area contributed by atoms with Crippen LogP contribution < -0.4 is 11.2 Å². The van der Waals surface area contributed by atoms with Crippen molar-refractivity contribution >= 4 is 6.20 Å². The molecule has 0 bridgehead atoms. The molecular weight excluding hydrogens is 160 g/mol. The highest BCUT2D eigenvalue weighted by molar-refractivity contribution is 5.19. The Morgan fingerprint density at radius 2 is 2.25 bits per heavy atom. The molecule has 1 aromatic heterocycles. The van der Waals surface area contributed by atoms with E-state index in [4.69, 9.17) is 5.11 Å². The molecule has 1 aromatic rings. The van der Waals surface area contributed by atoms with E-state index >= 15 is 0 Å². The van der Waals surface area contributed by atoms with Crippen LogP contribution in [0.3, 0.4) is 0 Å². The van der Waals surface area contributed by atoms with Crippen LogP contribution in [0.5, 0.6) is 0 Å². The van der Waals surface area contributed by atoms with Crippen molar-refractivity contribution in [1.82, 2.24) is 9.55 Å². The predicted octanol–water partition coefficient (Wildman–Crippen LogP) is -0.169. The number of rotatable bonds is 1. The minimum Gasteiger partial charge on any atom is -0.514 e. The van der Waals surface area contributed by atoms with Gasteiger partial charge in [-0.15, -0.1) is 0 Å². The van der Waals surface area contributed by atoms with Crippen molar-refractivity contribution < 1.29 is 5.11 Å². The zero-order valence-electron chi connectivity index (χ0n) is 6.44. The molecule has 1 rings (SSSR count). The maximum absolute atomic E-state index is 10.9. The SMILES string of the molecule is Cc1cn(/C=C/O)c(=O)[nH]c1=O. The molecule has 0 saturated carbocycles. The Balaban J connectivity index is 3.43. The van der Waals surface area contributed by atoms with Gasteiger partial charge >= 0.3 is 5.69 Å². The smallest absolute Gasteiger partial charge is 0.332 e. The number of aromatic nitrogens is 2. The van der Waals surface area contributed by atoms with Gasteiger partial charge in [0.05, 0.1) is 6.26 Å². The Morgan fingerprint density at radius 1 is 1.58 bits per heavy atom. The van der Waals surface area contributed by atoms with Gasteiger partial charge in [0.15, 0.2) is 0 Å². The molecule has 0 fully saturated rings. The van der Waals surface area contributed by atoms with Crippen LogP contribution in [-0.2, 0) is 0 Å². The second-order valence-corrected chi connectivity index (χ2v) is 2.28. The van der Waals surface area contributed by atoms with Gasteiger partial charge in [0, 0.05) is 18.0 Å². The maximum atomic E-state index is 10.9. The van der Waals surface area contributed by atoms with Crippen LogP contribution >= 0.6 is 0 Å². The Hall–Kier alpha value is -1.78. The monoisotopic (exact) mass is 168 g/mol. The van der Waals surface area contributed by atoms with Gasteiger partial charge < -0.3 is 5.11 Å². The number of H-pyrrole nitrogens is 1. The minimum atomic E-state index is -0.573. The van der Waals surface area contributed by atoms with Crippen molar-refractivity contribution in [2.24, 2.45) is 0 Å². The van der Waals surface area contributed by atoms with Gasteiger partial charge in [0.1, 0.15) is 0 Å². The average Bonchev–Trinajstić information content (AvgIpc) is 2.01. The molecule has 0 atom stereocenters. The van der Waals surface area contributed by atoms with E-state index in [1.54, 1.807) is 6.92 Å². The summed E-state index contributed by atoms with van der Waals surface area (Å²) in [5, 5.41) is 8.37. The van der Waals surface area contributed by atoms with Gasteiger partial charge in [0.2, 0.25) is 0 Å². The van der Waals surface area contributed by atoms with Crippen LogP contribution in [0.1, 0.15) is 5.56 Å². The first-order chi connectivity index (χ1) is 5.65. The molecule has 2 N–H and O–H groups in total. The Kier molecular flexibility index (Phi) is 2.14. The second kappa shape index (κ2) is 3.08. The lowest BCUT2D eigenvalue weighted by atomic mass is 10.4. The number of aliphatic hydroxyl groups is 1. The normalized spacial score (nSPS) is 10.8. The third kappa shape index (κ3) is 1.45. The summed E-state index contributed by atoms with van der Waals surface area (Å²) in [5.74, 6) is 0. The van der Waals surface area contributed by atoms with E-state index in [2.05, 4.69) is 4.98 Å². The largest absolute Gasteiger partial charge is 0.514 e. The number of nitrogens with zero attached hydrogens (tertiary/aromatic N) is 1. The van der Waals surface area contributed by atoms with Crippen molar-refractivity contribution in [1.29, 1.82) is 0 Å². The van der Waals surface area contributed by atoms with Crippen LogP contribution in [0.4, 0.5) is 0 Å². The van der Waals surface area contributed by atoms with Gasteiger partial charge in [-0.25, -0.2) is 4.79 Å². The zero-order valence-corrected chi connectivity index (χ0v) is 6.44. The van der Waals surface area contributed by atoms with E-state index < -0.39 is 11.2 Å². The summed E-state index contributed by atoms with van der Waals surface area (Å²) in [6.45, 7) is 1.57. The minimum absolute atomic E-state index is 0.410. The van der Waals surface area contributed by atoms with E-state index in [1.807, 2.05) is 0 Å². The molecule has 5 nitrogen and oxygen atoms in total. The van der Waals surface area contributed by atoms with E-state index in [9.17, 15) is 9.59 Å². The summed E-state index contributed by atoms with van der Waals surface area (Å²) in [6, 6.07) is 0. The zero-order chi connectivity index (χ0) is 9.14. The number of aromatic amines is 1. The van der Waals surface area contributed by atoms with E-state index in [0.29, 0.717) is 5.56 Å². The molecule has 0 radical (unpaired) electrons. The number of hydrogen-bond acceptors (Lipinski definition) is 3. The van der Waals surface area contributed by atoms with Crippen LogP contribution in [0.2, 0.25) is 0 Å². The number of aryl methyl sites for hydroxylation is 1. The van der Waals surface area contributed by atoms with Gasteiger partial charge in [-0.05, 0) is 6.92 Å². The summed E-state index contributed by atoms with van der Waals surface area (Å²) >= 11 is 0. The van der Waals surface area contributed by atoms with Crippen LogP contribution in [0.15, 0.2) is 22.0 Å². The molecule has 0 saturated heterocycles. The molecule has 0 spiro atoms. The van der Waals surface area contributed by atoms with Crippen molar-refractivity contribution in [3.63, 3.8) is 0 Å². The molecule has 1 heterocycles. The molecule has 0 aliphatic rings. The third-order valence-corrected chi connectivity index (χ3v) is 1.37. The summed E-state index contributed by atoms with van der Waals surface area (Å²) in [4.78, 5) is 23.8. The fraction of sp³-hybridized carbons (Fsp3) is 0.143. The standard InChI is InChI=1S/C7H8N2O3/c1-5-4-9(2-3-10)7(12)8-6(5)11/h2-4,10H,1H3,(H,8,11,12)/b3-2+. The van der Waals surface area contributed by atoms with Gasteiger partial charge in [-0.2, -0.15) is 0 Å². The van der Waals surface area contributed by atoms with Crippen LogP contribution in [0.25, 0.3) is 6.20 Å². The molecule has 0 aliphatic carbocycles. The number of aliphatic hydroxyl groups excluding tert-OH is 1. The van der Waals surface area contributed by atoms with Crippen molar-refractivity contribution in [3.8, 4) is 0 Å².